The highest BCUT2D eigenvalue weighted by Gasteiger charge is 2.23. The van der Waals surface area contributed by atoms with Gasteiger partial charge in [0, 0.05) is 5.56 Å². The Morgan fingerprint density at radius 2 is 1.74 bits per heavy atom. The zero-order valence-electron chi connectivity index (χ0n) is 12.7. The summed E-state index contributed by atoms with van der Waals surface area (Å²) in [6.07, 6.45) is 0. The van der Waals surface area contributed by atoms with Crippen molar-refractivity contribution < 1.29 is 14.3 Å². The Morgan fingerprint density at radius 3 is 2.39 bits per heavy atom. The van der Waals surface area contributed by atoms with Crippen molar-refractivity contribution >= 4 is 17.6 Å². The molecule has 2 aromatic carbocycles. The molecule has 0 saturated carbocycles. The highest BCUT2D eigenvalue weighted by atomic mass is 16.5. The molecule has 0 radical (unpaired) electrons. The van der Waals surface area contributed by atoms with Gasteiger partial charge in [-0.05, 0) is 31.2 Å². The van der Waals surface area contributed by atoms with Crippen LogP contribution >= 0.6 is 0 Å². The number of esters is 1. The first-order chi connectivity index (χ1) is 11.2. The number of nitriles is 1. The third-order valence-electron chi connectivity index (χ3n) is 3.17. The summed E-state index contributed by atoms with van der Waals surface area (Å²) >= 11 is 0. The van der Waals surface area contributed by atoms with Gasteiger partial charge in [-0.2, -0.15) is 5.26 Å². The normalized spacial score (nSPS) is 9.74. The van der Waals surface area contributed by atoms with Gasteiger partial charge >= 0.3 is 5.97 Å². The lowest BCUT2D eigenvalue weighted by Crippen LogP contribution is -2.37. The topological polar surface area (TPSA) is 70.4 Å². The lowest BCUT2D eigenvalue weighted by atomic mass is 10.1. The first kappa shape index (κ1) is 16.2. The maximum absolute atomic E-state index is 12.8. The van der Waals surface area contributed by atoms with E-state index in [9.17, 15) is 14.9 Å². The van der Waals surface area contributed by atoms with E-state index in [-0.39, 0.29) is 19.1 Å². The van der Waals surface area contributed by atoms with Gasteiger partial charge in [0.05, 0.1) is 17.9 Å². The van der Waals surface area contributed by atoms with Crippen LogP contribution in [0.15, 0.2) is 54.6 Å². The zero-order valence-corrected chi connectivity index (χ0v) is 12.7. The summed E-state index contributed by atoms with van der Waals surface area (Å²) in [5.74, 6) is -0.883. The minimum atomic E-state index is -0.524. The van der Waals surface area contributed by atoms with E-state index in [1.165, 1.54) is 4.90 Å². The van der Waals surface area contributed by atoms with Crippen LogP contribution < -0.4 is 4.90 Å². The molecule has 0 aromatic heterocycles. The van der Waals surface area contributed by atoms with E-state index in [1.54, 1.807) is 61.5 Å². The fourth-order valence-electron chi connectivity index (χ4n) is 2.14. The number of benzene rings is 2. The summed E-state index contributed by atoms with van der Waals surface area (Å²) in [5, 5.41) is 9.25. The van der Waals surface area contributed by atoms with Gasteiger partial charge < -0.3 is 4.74 Å². The Balaban J connectivity index is 2.42. The molecule has 23 heavy (non-hydrogen) atoms. The molecule has 116 valence electrons. The highest BCUT2D eigenvalue weighted by Crippen LogP contribution is 2.22. The monoisotopic (exact) mass is 308 g/mol. The molecule has 0 bridgehead atoms. The van der Waals surface area contributed by atoms with Gasteiger partial charge in [0.1, 0.15) is 12.6 Å². The Kier molecular flexibility index (Phi) is 5.48. The molecule has 0 heterocycles. The molecule has 0 N–H and O–H groups in total. The van der Waals surface area contributed by atoms with Crippen molar-refractivity contribution in [2.24, 2.45) is 0 Å². The Bertz CT molecular complexity index is 735. The van der Waals surface area contributed by atoms with E-state index >= 15 is 0 Å². The van der Waals surface area contributed by atoms with E-state index in [0.29, 0.717) is 16.8 Å². The second kappa shape index (κ2) is 7.76. The standard InChI is InChI=1S/C18H16N2O3/c1-2-23-17(21)13-20(16-11-7-6-10-15(16)12-19)18(22)14-8-4-3-5-9-14/h3-11H,2,13H2,1H3. The summed E-state index contributed by atoms with van der Waals surface area (Å²) in [6, 6.07) is 17.3. The van der Waals surface area contributed by atoms with Gasteiger partial charge in [-0.3, -0.25) is 14.5 Å². The highest BCUT2D eigenvalue weighted by molar-refractivity contribution is 6.08. The summed E-state index contributed by atoms with van der Waals surface area (Å²) in [6.45, 7) is 1.68. The number of rotatable bonds is 5. The van der Waals surface area contributed by atoms with Crippen LogP contribution in [-0.2, 0) is 9.53 Å². The number of para-hydroxylation sites is 1. The van der Waals surface area contributed by atoms with E-state index in [0.717, 1.165) is 0 Å². The molecule has 1 amide bonds. The lowest BCUT2D eigenvalue weighted by molar-refractivity contribution is -0.141. The molecular weight excluding hydrogens is 292 g/mol. The first-order valence-electron chi connectivity index (χ1n) is 7.19. The van der Waals surface area contributed by atoms with Crippen molar-refractivity contribution in [3.8, 4) is 6.07 Å². The summed E-state index contributed by atoms with van der Waals surface area (Å²) < 4.78 is 4.94. The average Bonchev–Trinajstić information content (AvgIpc) is 2.60. The Morgan fingerprint density at radius 1 is 1.09 bits per heavy atom. The predicted molar refractivity (Wildman–Crippen MR) is 85.9 cm³/mol. The third-order valence-corrected chi connectivity index (χ3v) is 3.17. The Hall–Kier alpha value is -3.13. The van der Waals surface area contributed by atoms with Crippen LogP contribution in [0.5, 0.6) is 0 Å². The lowest BCUT2D eigenvalue weighted by Gasteiger charge is -2.23. The van der Waals surface area contributed by atoms with Gasteiger partial charge in [0.15, 0.2) is 0 Å². The Labute approximate surface area is 134 Å². The van der Waals surface area contributed by atoms with Crippen LogP contribution in [0, 0.1) is 11.3 Å². The van der Waals surface area contributed by atoms with Crippen molar-refractivity contribution in [1.29, 1.82) is 5.26 Å². The molecule has 0 aliphatic carbocycles. The molecule has 2 rings (SSSR count). The molecule has 0 aliphatic heterocycles. The zero-order chi connectivity index (χ0) is 16.7. The molecule has 0 unspecified atom stereocenters. The van der Waals surface area contributed by atoms with Crippen LogP contribution in [0.25, 0.3) is 0 Å². The van der Waals surface area contributed by atoms with Gasteiger partial charge in [-0.1, -0.05) is 30.3 Å². The largest absolute Gasteiger partial charge is 0.465 e. The fraction of sp³-hybridized carbons (Fsp3) is 0.167. The molecular formula is C18H16N2O3. The predicted octanol–water partition coefficient (Wildman–Crippen LogP) is 2.77. The minimum Gasteiger partial charge on any atom is -0.465 e. The minimum absolute atomic E-state index is 0.228. The van der Waals surface area contributed by atoms with Crippen LogP contribution in [0.2, 0.25) is 0 Å². The van der Waals surface area contributed by atoms with Crippen LogP contribution in [0.3, 0.4) is 0 Å². The molecule has 0 atom stereocenters. The third kappa shape index (κ3) is 3.95. The van der Waals surface area contributed by atoms with Crippen molar-refractivity contribution in [3.63, 3.8) is 0 Å². The van der Waals surface area contributed by atoms with Gasteiger partial charge in [-0.25, -0.2) is 0 Å². The van der Waals surface area contributed by atoms with Crippen molar-refractivity contribution in [1.82, 2.24) is 0 Å². The number of carbonyl (C=O) groups is 2. The second-order valence-corrected chi connectivity index (χ2v) is 4.69. The van der Waals surface area contributed by atoms with Gasteiger partial charge in [0.2, 0.25) is 0 Å². The number of ether oxygens (including phenoxy) is 1. The molecule has 5 nitrogen and oxygen atoms in total. The fourth-order valence-corrected chi connectivity index (χ4v) is 2.14. The summed E-state index contributed by atoms with van der Waals surface area (Å²) in [5.41, 5.74) is 1.14. The second-order valence-electron chi connectivity index (χ2n) is 4.69. The first-order valence-corrected chi connectivity index (χ1v) is 7.19. The molecule has 0 fully saturated rings. The maximum Gasteiger partial charge on any atom is 0.326 e. The number of carbonyl (C=O) groups excluding carboxylic acids is 2. The van der Waals surface area contributed by atoms with Gasteiger partial charge in [0.25, 0.3) is 5.91 Å². The molecule has 0 aliphatic rings. The van der Waals surface area contributed by atoms with E-state index in [1.807, 2.05) is 6.07 Å². The van der Waals surface area contributed by atoms with E-state index in [4.69, 9.17) is 4.74 Å². The quantitative estimate of drug-likeness (QED) is 0.796. The van der Waals surface area contributed by atoms with E-state index in [2.05, 4.69) is 0 Å². The van der Waals surface area contributed by atoms with Crippen LogP contribution in [0.4, 0.5) is 5.69 Å². The smallest absolute Gasteiger partial charge is 0.326 e. The number of hydrogen-bond acceptors (Lipinski definition) is 4. The molecule has 0 spiro atoms. The molecule has 0 saturated heterocycles. The van der Waals surface area contributed by atoms with Crippen LogP contribution in [0.1, 0.15) is 22.8 Å². The summed E-state index contributed by atoms with van der Waals surface area (Å²) in [4.78, 5) is 25.9. The average molecular weight is 308 g/mol. The van der Waals surface area contributed by atoms with Crippen molar-refractivity contribution in [2.75, 3.05) is 18.1 Å². The number of hydrogen-bond donors (Lipinski definition) is 0. The van der Waals surface area contributed by atoms with Crippen LogP contribution in [-0.4, -0.2) is 25.0 Å². The number of amides is 1. The number of anilines is 1. The molecule has 2 aromatic rings. The number of nitrogens with zero attached hydrogens (tertiary/aromatic N) is 2. The van der Waals surface area contributed by atoms with E-state index < -0.39 is 5.97 Å². The molecule has 5 heteroatoms. The van der Waals surface area contributed by atoms with Crippen molar-refractivity contribution in [2.45, 2.75) is 6.92 Å². The summed E-state index contributed by atoms with van der Waals surface area (Å²) in [7, 11) is 0. The van der Waals surface area contributed by atoms with Crippen molar-refractivity contribution in [3.05, 3.63) is 65.7 Å². The van der Waals surface area contributed by atoms with Gasteiger partial charge in [-0.15, -0.1) is 0 Å². The maximum atomic E-state index is 12.8. The SMILES string of the molecule is CCOC(=O)CN(C(=O)c1ccccc1)c1ccccc1C#N.